The number of rotatable bonds is 7. The molecular weight excluding hydrogens is 290 g/mol. The molecule has 0 bridgehead atoms. The van der Waals surface area contributed by atoms with Crippen LogP contribution in [0.25, 0.3) is 10.8 Å². The molecule has 0 aliphatic rings. The van der Waals surface area contributed by atoms with E-state index in [1.807, 2.05) is 0 Å². The minimum absolute atomic E-state index is 0.967. The summed E-state index contributed by atoms with van der Waals surface area (Å²) in [4.78, 5) is 0. The summed E-state index contributed by atoms with van der Waals surface area (Å²) in [5.74, 6) is 0. The highest BCUT2D eigenvalue weighted by Gasteiger charge is 2.17. The van der Waals surface area contributed by atoms with E-state index in [0.717, 1.165) is 4.48 Å². The molecule has 0 atom stereocenters. The van der Waals surface area contributed by atoms with Crippen molar-refractivity contribution in [2.24, 2.45) is 0 Å². The van der Waals surface area contributed by atoms with Crippen LogP contribution in [-0.4, -0.2) is 20.6 Å². The van der Waals surface area contributed by atoms with Crippen molar-refractivity contribution in [1.82, 2.24) is 4.48 Å². The maximum absolute atomic E-state index is 2.31. The monoisotopic (exact) mass is 318 g/mol. The summed E-state index contributed by atoms with van der Waals surface area (Å²) < 4.78 is 0.967. The molecule has 3 aromatic rings. The molecule has 0 amide bonds. The van der Waals surface area contributed by atoms with Crippen LogP contribution in [-0.2, 0) is 6.42 Å². The zero-order valence-corrected chi connectivity index (χ0v) is 14.9. The van der Waals surface area contributed by atoms with Gasteiger partial charge in [0, 0.05) is 0 Å². The Kier molecular flexibility index (Phi) is 5.32. The summed E-state index contributed by atoms with van der Waals surface area (Å²) in [6.45, 7) is 1.19. The number of nitrogens with zero attached hydrogens (tertiary/aromatic N) is 1. The fourth-order valence-corrected chi connectivity index (χ4v) is 3.47. The molecule has 0 saturated carbocycles. The predicted octanol–water partition coefficient (Wildman–Crippen LogP) is 5.82. The smallest absolute Gasteiger partial charge is 0.132 e. The van der Waals surface area contributed by atoms with Gasteiger partial charge in [0.1, 0.15) is 5.69 Å². The molecule has 3 rings (SSSR count). The Hall–Kier alpha value is -2.12. The zero-order chi connectivity index (χ0) is 16.8. The Bertz CT molecular complexity index is 769. The van der Waals surface area contributed by atoms with Gasteiger partial charge in [-0.25, -0.2) is 0 Å². The molecule has 0 N–H and O–H groups in total. The van der Waals surface area contributed by atoms with Gasteiger partial charge in [0.15, 0.2) is 0 Å². The van der Waals surface area contributed by atoms with Crippen LogP contribution in [0.1, 0.15) is 24.8 Å². The first-order valence-corrected chi connectivity index (χ1v) is 9.02. The Morgan fingerprint density at radius 2 is 1.38 bits per heavy atom. The lowest BCUT2D eigenvalue weighted by Crippen LogP contribution is -2.41. The van der Waals surface area contributed by atoms with Crippen LogP contribution < -0.4 is 4.48 Å². The van der Waals surface area contributed by atoms with Crippen LogP contribution in [0.4, 0.5) is 5.69 Å². The van der Waals surface area contributed by atoms with Gasteiger partial charge in [0.2, 0.25) is 0 Å². The van der Waals surface area contributed by atoms with E-state index in [0.29, 0.717) is 0 Å². The maximum atomic E-state index is 2.31. The van der Waals surface area contributed by atoms with Crippen LogP contribution in [0.2, 0.25) is 0 Å². The molecule has 3 aromatic carbocycles. The van der Waals surface area contributed by atoms with Crippen LogP contribution in [0.5, 0.6) is 0 Å². The van der Waals surface area contributed by atoms with Crippen LogP contribution in [0.15, 0.2) is 72.8 Å². The largest absolute Gasteiger partial charge is 0.296 e. The Morgan fingerprint density at radius 3 is 2.21 bits per heavy atom. The lowest BCUT2D eigenvalue weighted by molar-refractivity contribution is 0.383. The summed E-state index contributed by atoms with van der Waals surface area (Å²) in [7, 11) is 4.61. The molecule has 124 valence electrons. The van der Waals surface area contributed by atoms with Gasteiger partial charge in [-0.15, -0.1) is 0 Å². The van der Waals surface area contributed by atoms with E-state index in [1.54, 1.807) is 0 Å². The van der Waals surface area contributed by atoms with Crippen molar-refractivity contribution < 1.29 is 0 Å². The van der Waals surface area contributed by atoms with Gasteiger partial charge in [-0.1, -0.05) is 60.7 Å². The molecule has 1 heteroatoms. The molecule has 0 aromatic heterocycles. The predicted molar refractivity (Wildman–Crippen MR) is 106 cm³/mol. The van der Waals surface area contributed by atoms with Crippen molar-refractivity contribution in [2.45, 2.75) is 25.7 Å². The van der Waals surface area contributed by atoms with Gasteiger partial charge in [-0.05, 0) is 54.2 Å². The van der Waals surface area contributed by atoms with E-state index < -0.39 is 0 Å². The Morgan fingerprint density at radius 1 is 0.667 bits per heavy atom. The third-order valence-corrected chi connectivity index (χ3v) is 5.00. The van der Waals surface area contributed by atoms with E-state index in [1.165, 1.54) is 54.3 Å². The molecular formula is C23H28N+. The first kappa shape index (κ1) is 16.7. The Balaban J connectivity index is 1.50. The number of fused-ring (bicyclic) bond motifs is 1. The standard InChI is InChI=1S/C23H28N/c1-24(2,22-16-6-3-7-17-22)19-10-4-5-12-20-14-11-15-21-13-8-9-18-23(20)21/h3,6-9,11,13-18H,4-5,10,12,19H2,1-2H3/q+1. The highest BCUT2D eigenvalue weighted by Crippen LogP contribution is 2.22. The van der Waals surface area contributed by atoms with Gasteiger partial charge < -0.3 is 0 Å². The van der Waals surface area contributed by atoms with Crippen molar-refractivity contribution in [3.63, 3.8) is 0 Å². The number of benzene rings is 3. The highest BCUT2D eigenvalue weighted by molar-refractivity contribution is 5.85. The second-order valence-corrected chi connectivity index (χ2v) is 7.19. The second-order valence-electron chi connectivity index (χ2n) is 7.19. The Labute approximate surface area is 146 Å². The molecule has 0 fully saturated rings. The minimum Gasteiger partial charge on any atom is -0.296 e. The summed E-state index contributed by atoms with van der Waals surface area (Å²) >= 11 is 0. The van der Waals surface area contributed by atoms with E-state index in [9.17, 15) is 0 Å². The SMILES string of the molecule is C[N+](C)(CCCCCc1cccc2ccccc12)c1ccccc1. The normalized spacial score (nSPS) is 11.8. The fourth-order valence-electron chi connectivity index (χ4n) is 3.47. The number of hydrogen-bond acceptors (Lipinski definition) is 0. The number of quaternary nitrogens is 1. The van der Waals surface area contributed by atoms with E-state index in [2.05, 4.69) is 86.9 Å². The van der Waals surface area contributed by atoms with Gasteiger partial charge in [-0.2, -0.15) is 0 Å². The summed E-state index contributed by atoms with van der Waals surface area (Å²) in [5, 5.41) is 2.78. The fraction of sp³-hybridized carbons (Fsp3) is 0.304. The average molecular weight is 318 g/mol. The summed E-state index contributed by atoms with van der Waals surface area (Å²) in [5.41, 5.74) is 2.89. The molecule has 0 unspecified atom stereocenters. The van der Waals surface area contributed by atoms with Gasteiger partial charge in [0.25, 0.3) is 0 Å². The summed E-state index contributed by atoms with van der Waals surface area (Å²) in [6, 6.07) is 26.2. The van der Waals surface area contributed by atoms with Crippen LogP contribution in [0.3, 0.4) is 0 Å². The molecule has 24 heavy (non-hydrogen) atoms. The van der Waals surface area contributed by atoms with Crippen molar-refractivity contribution in [3.05, 3.63) is 78.4 Å². The summed E-state index contributed by atoms with van der Waals surface area (Å²) in [6.07, 6.45) is 5.01. The van der Waals surface area contributed by atoms with Crippen molar-refractivity contribution in [2.75, 3.05) is 20.6 Å². The van der Waals surface area contributed by atoms with Gasteiger partial charge in [0.05, 0.1) is 20.6 Å². The van der Waals surface area contributed by atoms with Crippen molar-refractivity contribution >= 4 is 16.5 Å². The lowest BCUT2D eigenvalue weighted by Gasteiger charge is -2.29. The second kappa shape index (κ2) is 7.63. The number of hydrogen-bond donors (Lipinski definition) is 0. The van der Waals surface area contributed by atoms with Gasteiger partial charge >= 0.3 is 0 Å². The third-order valence-electron chi connectivity index (χ3n) is 5.00. The minimum atomic E-state index is 0.967. The third kappa shape index (κ3) is 4.04. The van der Waals surface area contributed by atoms with Crippen LogP contribution in [0, 0.1) is 0 Å². The molecule has 0 aliphatic carbocycles. The van der Waals surface area contributed by atoms with E-state index in [4.69, 9.17) is 0 Å². The van der Waals surface area contributed by atoms with Crippen molar-refractivity contribution in [1.29, 1.82) is 0 Å². The van der Waals surface area contributed by atoms with Gasteiger partial charge in [-0.3, -0.25) is 4.48 Å². The van der Waals surface area contributed by atoms with E-state index in [-0.39, 0.29) is 0 Å². The maximum Gasteiger partial charge on any atom is 0.132 e. The number of unbranched alkanes of at least 4 members (excludes halogenated alkanes) is 2. The first-order valence-electron chi connectivity index (χ1n) is 9.02. The topological polar surface area (TPSA) is 0 Å². The number of para-hydroxylation sites is 1. The molecule has 0 heterocycles. The number of aryl methyl sites for hydroxylation is 1. The van der Waals surface area contributed by atoms with Crippen molar-refractivity contribution in [3.8, 4) is 0 Å². The molecule has 0 radical (unpaired) electrons. The highest BCUT2D eigenvalue weighted by atomic mass is 15.3. The molecule has 1 nitrogen and oxygen atoms in total. The average Bonchev–Trinajstić information content (AvgIpc) is 2.62. The van der Waals surface area contributed by atoms with E-state index >= 15 is 0 Å². The lowest BCUT2D eigenvalue weighted by atomic mass is 9.99. The zero-order valence-electron chi connectivity index (χ0n) is 14.9. The quantitative estimate of drug-likeness (QED) is 0.380. The first-order chi connectivity index (χ1) is 11.7. The molecule has 0 aliphatic heterocycles. The molecule has 0 saturated heterocycles. The van der Waals surface area contributed by atoms with Crippen LogP contribution >= 0.6 is 0 Å². The molecule has 0 spiro atoms.